The lowest BCUT2D eigenvalue weighted by Gasteiger charge is -2.22. The Bertz CT molecular complexity index is 436. The maximum Gasteiger partial charge on any atom is 0.225 e. The van der Waals surface area contributed by atoms with Crippen LogP contribution < -0.4 is 4.90 Å². The smallest absolute Gasteiger partial charge is 0.225 e. The molecule has 0 bridgehead atoms. The largest absolute Gasteiger partial charge is 0.395 e. The van der Waals surface area contributed by atoms with Crippen molar-refractivity contribution in [3.63, 3.8) is 0 Å². The first-order chi connectivity index (χ1) is 9.60. The van der Waals surface area contributed by atoms with E-state index >= 15 is 0 Å². The van der Waals surface area contributed by atoms with Crippen LogP contribution in [0, 0.1) is 6.92 Å². The Morgan fingerprint density at radius 1 is 1.20 bits per heavy atom. The second-order valence-corrected chi connectivity index (χ2v) is 5.79. The zero-order valence-corrected chi connectivity index (χ0v) is 12.8. The van der Waals surface area contributed by atoms with Crippen molar-refractivity contribution in [2.45, 2.75) is 33.1 Å². The van der Waals surface area contributed by atoms with Crippen molar-refractivity contribution in [3.8, 4) is 0 Å². The van der Waals surface area contributed by atoms with Crippen LogP contribution in [0.4, 0.5) is 5.95 Å². The average Bonchev–Trinajstić information content (AvgIpc) is 2.64. The third-order valence-corrected chi connectivity index (χ3v) is 3.74. The summed E-state index contributed by atoms with van der Waals surface area (Å²) in [7, 11) is 0. The van der Waals surface area contributed by atoms with Crippen molar-refractivity contribution in [1.82, 2.24) is 14.9 Å². The predicted molar refractivity (Wildman–Crippen MR) is 81.2 cm³/mol. The van der Waals surface area contributed by atoms with Crippen molar-refractivity contribution in [2.24, 2.45) is 0 Å². The van der Waals surface area contributed by atoms with E-state index in [-0.39, 0.29) is 6.61 Å². The molecule has 0 aliphatic carbocycles. The summed E-state index contributed by atoms with van der Waals surface area (Å²) >= 11 is 0. The normalized spacial score (nSPS) is 17.6. The number of anilines is 1. The van der Waals surface area contributed by atoms with Gasteiger partial charge in [0.25, 0.3) is 0 Å². The number of hydrogen-bond acceptors (Lipinski definition) is 5. The fourth-order valence-electron chi connectivity index (χ4n) is 2.55. The Morgan fingerprint density at radius 3 is 2.70 bits per heavy atom. The predicted octanol–water partition coefficient (Wildman–Crippen LogP) is 1.41. The molecule has 0 aromatic carbocycles. The summed E-state index contributed by atoms with van der Waals surface area (Å²) in [5.74, 6) is 1.29. The summed E-state index contributed by atoms with van der Waals surface area (Å²) in [5, 5.41) is 9.05. The highest BCUT2D eigenvalue weighted by Gasteiger charge is 2.17. The molecule has 1 aliphatic rings. The highest BCUT2D eigenvalue weighted by Crippen LogP contribution is 2.18. The number of aromatic nitrogens is 2. The molecule has 112 valence electrons. The van der Waals surface area contributed by atoms with Crippen LogP contribution in [0.3, 0.4) is 0 Å². The first kappa shape index (κ1) is 15.2. The lowest BCUT2D eigenvalue weighted by Crippen LogP contribution is -2.33. The van der Waals surface area contributed by atoms with Gasteiger partial charge in [-0.05, 0) is 31.9 Å². The maximum atomic E-state index is 9.05. The third-order valence-electron chi connectivity index (χ3n) is 3.74. The summed E-state index contributed by atoms with van der Waals surface area (Å²) in [6.07, 6.45) is 1.09. The third kappa shape index (κ3) is 3.90. The Labute approximate surface area is 121 Å². The van der Waals surface area contributed by atoms with Crippen LogP contribution in [-0.2, 0) is 0 Å². The highest BCUT2D eigenvalue weighted by atomic mass is 16.3. The van der Waals surface area contributed by atoms with Gasteiger partial charge in [-0.2, -0.15) is 0 Å². The molecule has 0 saturated carbocycles. The van der Waals surface area contributed by atoms with E-state index in [0.29, 0.717) is 5.92 Å². The van der Waals surface area contributed by atoms with Gasteiger partial charge in [-0.3, -0.25) is 4.90 Å². The first-order valence-corrected chi connectivity index (χ1v) is 7.54. The van der Waals surface area contributed by atoms with Crippen molar-refractivity contribution >= 4 is 5.95 Å². The Hall–Kier alpha value is -1.20. The van der Waals surface area contributed by atoms with Crippen LogP contribution in [0.2, 0.25) is 0 Å². The molecule has 2 rings (SSSR count). The van der Waals surface area contributed by atoms with E-state index in [1.165, 1.54) is 0 Å². The van der Waals surface area contributed by atoms with Crippen LogP contribution in [0.5, 0.6) is 0 Å². The second kappa shape index (κ2) is 6.99. The average molecular weight is 278 g/mol. The number of rotatable bonds is 4. The van der Waals surface area contributed by atoms with Crippen molar-refractivity contribution in [2.75, 3.05) is 44.2 Å². The van der Waals surface area contributed by atoms with Gasteiger partial charge >= 0.3 is 0 Å². The van der Waals surface area contributed by atoms with Crippen molar-refractivity contribution in [3.05, 3.63) is 17.5 Å². The van der Waals surface area contributed by atoms with Gasteiger partial charge in [0.15, 0.2) is 0 Å². The maximum absolute atomic E-state index is 9.05. The standard InChI is InChI=1S/C15H26N4O/c1-12(2)14-11-13(3)16-15(17-14)19-6-4-5-18(7-8-19)9-10-20/h11-12,20H,4-10H2,1-3H3. The van der Waals surface area contributed by atoms with E-state index in [4.69, 9.17) is 10.1 Å². The minimum Gasteiger partial charge on any atom is -0.395 e. The molecule has 0 spiro atoms. The minimum atomic E-state index is 0.235. The van der Waals surface area contributed by atoms with Crippen molar-refractivity contribution in [1.29, 1.82) is 0 Å². The summed E-state index contributed by atoms with van der Waals surface area (Å²) in [4.78, 5) is 13.9. The van der Waals surface area contributed by atoms with Gasteiger partial charge in [0.2, 0.25) is 5.95 Å². The monoisotopic (exact) mass is 278 g/mol. The van der Waals surface area contributed by atoms with E-state index in [1.807, 2.05) is 6.92 Å². The zero-order chi connectivity index (χ0) is 14.5. The van der Waals surface area contributed by atoms with Crippen LogP contribution in [-0.4, -0.2) is 59.3 Å². The van der Waals surface area contributed by atoms with Gasteiger partial charge in [-0.25, -0.2) is 9.97 Å². The van der Waals surface area contributed by atoms with E-state index < -0.39 is 0 Å². The van der Waals surface area contributed by atoms with Gasteiger partial charge in [-0.15, -0.1) is 0 Å². The molecule has 0 unspecified atom stereocenters. The fourth-order valence-corrected chi connectivity index (χ4v) is 2.55. The summed E-state index contributed by atoms with van der Waals surface area (Å²) in [5.41, 5.74) is 2.15. The molecule has 0 amide bonds. The van der Waals surface area contributed by atoms with Crippen LogP contribution in [0.1, 0.15) is 37.6 Å². The quantitative estimate of drug-likeness (QED) is 0.902. The number of aryl methyl sites for hydroxylation is 1. The minimum absolute atomic E-state index is 0.235. The topological polar surface area (TPSA) is 52.5 Å². The van der Waals surface area contributed by atoms with Crippen LogP contribution >= 0.6 is 0 Å². The molecular formula is C15H26N4O. The summed E-state index contributed by atoms with van der Waals surface area (Å²) in [6, 6.07) is 2.07. The highest BCUT2D eigenvalue weighted by molar-refractivity contribution is 5.33. The van der Waals surface area contributed by atoms with Gasteiger partial charge in [0.1, 0.15) is 0 Å². The molecule has 1 aliphatic heterocycles. The van der Waals surface area contributed by atoms with E-state index in [9.17, 15) is 0 Å². The first-order valence-electron chi connectivity index (χ1n) is 7.54. The second-order valence-electron chi connectivity index (χ2n) is 5.79. The SMILES string of the molecule is Cc1cc(C(C)C)nc(N2CCCN(CCO)CC2)n1. The van der Waals surface area contributed by atoms with Crippen LogP contribution in [0.15, 0.2) is 6.07 Å². The molecule has 1 aromatic rings. The molecule has 1 aromatic heterocycles. The van der Waals surface area contributed by atoms with E-state index in [1.54, 1.807) is 0 Å². The molecule has 1 fully saturated rings. The van der Waals surface area contributed by atoms with Gasteiger partial charge in [-0.1, -0.05) is 13.8 Å². The summed E-state index contributed by atoms with van der Waals surface area (Å²) in [6.45, 7) is 11.3. The molecule has 0 radical (unpaired) electrons. The van der Waals surface area contributed by atoms with E-state index in [0.717, 1.165) is 56.5 Å². The summed E-state index contributed by atoms with van der Waals surface area (Å²) < 4.78 is 0. The molecule has 0 atom stereocenters. The Balaban J connectivity index is 2.11. The number of β-amino-alcohol motifs (C(OH)–C–C–N with tert-alkyl or cyclic N) is 1. The Kier molecular flexibility index (Phi) is 5.31. The molecule has 1 saturated heterocycles. The number of aliphatic hydroxyl groups is 1. The number of aliphatic hydroxyl groups excluding tert-OH is 1. The molecule has 2 heterocycles. The lowest BCUT2D eigenvalue weighted by atomic mass is 10.1. The fraction of sp³-hybridized carbons (Fsp3) is 0.733. The molecular weight excluding hydrogens is 252 g/mol. The Morgan fingerprint density at radius 2 is 2.00 bits per heavy atom. The van der Waals surface area contributed by atoms with Crippen LogP contribution in [0.25, 0.3) is 0 Å². The zero-order valence-electron chi connectivity index (χ0n) is 12.8. The van der Waals surface area contributed by atoms with E-state index in [2.05, 4.69) is 34.7 Å². The van der Waals surface area contributed by atoms with Gasteiger partial charge in [0.05, 0.1) is 6.61 Å². The molecule has 1 N–H and O–H groups in total. The number of hydrogen-bond donors (Lipinski definition) is 1. The lowest BCUT2D eigenvalue weighted by molar-refractivity contribution is 0.204. The van der Waals surface area contributed by atoms with Gasteiger partial charge in [0, 0.05) is 37.6 Å². The molecule has 5 heteroatoms. The molecule has 20 heavy (non-hydrogen) atoms. The van der Waals surface area contributed by atoms with Crippen molar-refractivity contribution < 1.29 is 5.11 Å². The molecule has 5 nitrogen and oxygen atoms in total. The number of nitrogens with zero attached hydrogens (tertiary/aromatic N) is 4. The van der Waals surface area contributed by atoms with Gasteiger partial charge < -0.3 is 10.0 Å².